The summed E-state index contributed by atoms with van der Waals surface area (Å²) in [7, 11) is 0. The summed E-state index contributed by atoms with van der Waals surface area (Å²) < 4.78 is 92.0. The van der Waals surface area contributed by atoms with Crippen molar-refractivity contribution in [3.63, 3.8) is 0 Å². The van der Waals surface area contributed by atoms with Gasteiger partial charge in [-0.1, -0.05) is 24.3 Å². The number of hydrogen-bond donors (Lipinski definition) is 1. The van der Waals surface area contributed by atoms with Crippen LogP contribution in [0.3, 0.4) is 0 Å². The van der Waals surface area contributed by atoms with Gasteiger partial charge in [0.05, 0.1) is 49.2 Å². The maximum Gasteiger partial charge on any atom is 0.423 e. The van der Waals surface area contributed by atoms with Gasteiger partial charge in [0.25, 0.3) is 5.56 Å². The van der Waals surface area contributed by atoms with Crippen LogP contribution in [0.25, 0.3) is 0 Å². The first-order chi connectivity index (χ1) is 20.9. The van der Waals surface area contributed by atoms with Gasteiger partial charge in [0.2, 0.25) is 5.91 Å². The summed E-state index contributed by atoms with van der Waals surface area (Å²) in [6.07, 6.45) is -7.70. The predicted molar refractivity (Wildman–Crippen MR) is 143 cm³/mol. The van der Waals surface area contributed by atoms with Gasteiger partial charge in [-0.2, -0.15) is 31.4 Å². The lowest BCUT2D eigenvalue weighted by atomic mass is 10.1. The maximum absolute atomic E-state index is 13.8. The Morgan fingerprint density at radius 2 is 1.86 bits per heavy atom. The predicted octanol–water partition coefficient (Wildman–Crippen LogP) is 3.78. The van der Waals surface area contributed by atoms with Crippen LogP contribution in [0.4, 0.5) is 37.8 Å². The molecular formula is C28H26F6N6O4. The number of amides is 1. The van der Waals surface area contributed by atoms with Gasteiger partial charge in [0.15, 0.2) is 11.6 Å². The normalized spacial score (nSPS) is 19.7. The lowest BCUT2D eigenvalue weighted by Gasteiger charge is -2.44. The molecular weight excluding hydrogens is 598 g/mol. The van der Waals surface area contributed by atoms with E-state index < -0.39 is 35.1 Å². The number of rotatable bonds is 6. The van der Waals surface area contributed by atoms with E-state index in [1.54, 1.807) is 29.2 Å². The molecule has 0 spiro atoms. The van der Waals surface area contributed by atoms with E-state index >= 15 is 0 Å². The Hall–Kier alpha value is -4.34. The molecule has 1 saturated heterocycles. The fourth-order valence-corrected chi connectivity index (χ4v) is 5.89. The molecule has 3 aliphatic heterocycles. The molecule has 1 fully saturated rings. The monoisotopic (exact) mass is 624 g/mol. The van der Waals surface area contributed by atoms with Gasteiger partial charge < -0.3 is 24.2 Å². The molecule has 1 N–H and O–H groups in total. The highest BCUT2D eigenvalue weighted by Gasteiger charge is 2.42. The molecule has 6 rings (SSSR count). The van der Waals surface area contributed by atoms with E-state index in [1.165, 1.54) is 4.90 Å². The first-order valence-electron chi connectivity index (χ1n) is 13.7. The zero-order valence-electron chi connectivity index (χ0n) is 23.0. The highest BCUT2D eigenvalue weighted by atomic mass is 19.4. The van der Waals surface area contributed by atoms with Crippen LogP contribution in [0, 0.1) is 0 Å². The Labute approximate surface area is 246 Å². The molecule has 5 heterocycles. The topological polar surface area (TPSA) is 104 Å². The number of anilines is 2. The number of nitrogens with zero attached hydrogens (tertiary/aromatic N) is 5. The summed E-state index contributed by atoms with van der Waals surface area (Å²) in [5, 5.41) is 5.45. The molecule has 1 amide bonds. The molecule has 1 aromatic carbocycles. The molecule has 10 nitrogen and oxygen atoms in total. The van der Waals surface area contributed by atoms with Crippen molar-refractivity contribution in [2.45, 2.75) is 37.4 Å². The average molecular weight is 625 g/mol. The number of H-pyrrole nitrogens is 1. The van der Waals surface area contributed by atoms with E-state index in [4.69, 9.17) is 9.47 Å². The van der Waals surface area contributed by atoms with Crippen molar-refractivity contribution in [1.82, 2.24) is 20.1 Å². The van der Waals surface area contributed by atoms with Gasteiger partial charge in [0.1, 0.15) is 12.2 Å². The standard InChI is InChI=1S/C28H26F6N6O4/c29-27(30,31)17-9-22-25(35-10-17)39-7-6-38(13-18(39)14-44-22)23(41)5-8-43-15-21-19-4-2-1-3-16(19)12-40(21)20-11-36-37-26(42)24(20)28(32,33)34/h1-4,9-11,18,21H,5-8,12-15H2,(H,37,42)/t18-,21-/m1/s1. The number of ether oxygens (including phenoxy) is 2. The molecule has 3 aliphatic rings. The van der Waals surface area contributed by atoms with Crippen LogP contribution in [-0.4, -0.2) is 71.5 Å². The van der Waals surface area contributed by atoms with Crippen LogP contribution in [0.15, 0.2) is 47.5 Å². The number of nitrogens with one attached hydrogen (secondary N) is 1. The van der Waals surface area contributed by atoms with Crippen LogP contribution < -0.4 is 20.1 Å². The van der Waals surface area contributed by atoms with Crippen molar-refractivity contribution in [3.8, 4) is 5.75 Å². The molecule has 0 unspecified atom stereocenters. The number of pyridine rings is 1. The second kappa shape index (κ2) is 11.3. The molecule has 44 heavy (non-hydrogen) atoms. The van der Waals surface area contributed by atoms with Crippen LogP contribution in [0.5, 0.6) is 5.75 Å². The number of halogens is 6. The third-order valence-electron chi connectivity index (χ3n) is 7.99. The molecule has 3 aromatic rings. The van der Waals surface area contributed by atoms with Crippen molar-refractivity contribution < 1.29 is 40.6 Å². The quantitative estimate of drug-likeness (QED) is 0.327. The van der Waals surface area contributed by atoms with E-state index in [2.05, 4.69) is 10.1 Å². The SMILES string of the molecule is O=C(CCOC[C@@H]1c2ccccc2CN1c1cn[nH]c(=O)c1C(F)(F)F)N1CCN2c3ncc(C(F)(F)F)cc3OC[C@H]2C1. The molecule has 2 aromatic heterocycles. The highest BCUT2D eigenvalue weighted by Crippen LogP contribution is 2.42. The number of aromatic nitrogens is 3. The minimum absolute atomic E-state index is 0.00290. The third kappa shape index (κ3) is 5.65. The lowest BCUT2D eigenvalue weighted by Crippen LogP contribution is -2.58. The van der Waals surface area contributed by atoms with Crippen molar-refractivity contribution in [3.05, 3.63) is 75.3 Å². The van der Waals surface area contributed by atoms with E-state index in [-0.39, 0.29) is 62.7 Å². The summed E-state index contributed by atoms with van der Waals surface area (Å²) in [6, 6.07) is 7.08. The Morgan fingerprint density at radius 1 is 1.07 bits per heavy atom. The molecule has 0 bridgehead atoms. The Morgan fingerprint density at radius 3 is 2.64 bits per heavy atom. The number of carbonyl (C=O) groups excluding carboxylic acids is 1. The largest absolute Gasteiger partial charge is 0.487 e. The highest BCUT2D eigenvalue weighted by molar-refractivity contribution is 5.77. The van der Waals surface area contributed by atoms with Crippen molar-refractivity contribution in [1.29, 1.82) is 0 Å². The maximum atomic E-state index is 13.8. The number of aromatic amines is 1. The van der Waals surface area contributed by atoms with Crippen molar-refractivity contribution >= 4 is 17.4 Å². The van der Waals surface area contributed by atoms with Crippen LogP contribution in [0.1, 0.15) is 34.7 Å². The smallest absolute Gasteiger partial charge is 0.423 e. The summed E-state index contributed by atoms with van der Waals surface area (Å²) in [4.78, 5) is 34.0. The fraction of sp³-hybridized carbons (Fsp3) is 0.429. The van der Waals surface area contributed by atoms with Gasteiger partial charge in [-0.25, -0.2) is 10.1 Å². The lowest BCUT2D eigenvalue weighted by molar-refractivity contribution is -0.139. The van der Waals surface area contributed by atoms with Gasteiger partial charge in [-0.15, -0.1) is 0 Å². The molecule has 2 atom stereocenters. The Bertz CT molecular complexity index is 1610. The fourth-order valence-electron chi connectivity index (χ4n) is 5.89. The van der Waals surface area contributed by atoms with Crippen LogP contribution in [-0.2, 0) is 28.4 Å². The van der Waals surface area contributed by atoms with Gasteiger partial charge >= 0.3 is 12.4 Å². The van der Waals surface area contributed by atoms with E-state index in [0.29, 0.717) is 18.9 Å². The Balaban J connectivity index is 1.08. The number of fused-ring (bicyclic) bond motifs is 4. The number of alkyl halides is 6. The Kier molecular flexibility index (Phi) is 7.63. The third-order valence-corrected chi connectivity index (χ3v) is 7.99. The van der Waals surface area contributed by atoms with E-state index in [9.17, 15) is 35.9 Å². The first-order valence-corrected chi connectivity index (χ1v) is 13.7. The minimum Gasteiger partial charge on any atom is -0.487 e. The van der Waals surface area contributed by atoms with E-state index in [1.807, 2.05) is 10.00 Å². The molecule has 16 heteroatoms. The van der Waals surface area contributed by atoms with Crippen LogP contribution >= 0.6 is 0 Å². The number of benzene rings is 1. The summed E-state index contributed by atoms with van der Waals surface area (Å²) in [6.45, 7) is 1.10. The zero-order valence-corrected chi connectivity index (χ0v) is 23.0. The van der Waals surface area contributed by atoms with Crippen molar-refractivity contribution in [2.75, 3.05) is 49.3 Å². The molecule has 0 aliphatic carbocycles. The van der Waals surface area contributed by atoms with E-state index in [0.717, 1.165) is 29.6 Å². The summed E-state index contributed by atoms with van der Waals surface area (Å²) in [5.41, 5.74) is -2.42. The molecule has 0 saturated carbocycles. The number of carbonyl (C=O) groups is 1. The first kappa shape index (κ1) is 29.7. The molecule has 234 valence electrons. The second-order valence-corrected chi connectivity index (χ2v) is 10.7. The number of piperazine rings is 1. The van der Waals surface area contributed by atoms with Gasteiger partial charge in [-0.05, 0) is 17.2 Å². The number of hydrogen-bond acceptors (Lipinski definition) is 8. The summed E-state index contributed by atoms with van der Waals surface area (Å²) >= 11 is 0. The van der Waals surface area contributed by atoms with Crippen LogP contribution in [0.2, 0.25) is 0 Å². The molecule has 0 radical (unpaired) electrons. The average Bonchev–Trinajstić information content (AvgIpc) is 3.35. The summed E-state index contributed by atoms with van der Waals surface area (Å²) in [5.74, 6) is 0.137. The minimum atomic E-state index is -4.91. The zero-order chi connectivity index (χ0) is 31.2. The van der Waals surface area contributed by atoms with Crippen molar-refractivity contribution in [2.24, 2.45) is 0 Å². The second-order valence-electron chi connectivity index (χ2n) is 10.7. The van der Waals surface area contributed by atoms with Gasteiger partial charge in [0, 0.05) is 32.4 Å². The van der Waals surface area contributed by atoms with Gasteiger partial charge in [-0.3, -0.25) is 9.59 Å².